The topological polar surface area (TPSA) is 68.9 Å². The first kappa shape index (κ1) is 22.3. The number of amides is 2. The number of nitrogens with zero attached hydrogens (tertiary/aromatic N) is 3. The minimum atomic E-state index is -0.437. The number of aromatic amines is 1. The molecule has 1 aromatic heterocycles. The van der Waals surface area contributed by atoms with Crippen molar-refractivity contribution in [2.75, 3.05) is 45.9 Å². The van der Waals surface area contributed by atoms with Crippen LogP contribution in [-0.4, -0.2) is 83.5 Å². The second-order valence-electron chi connectivity index (χ2n) is 9.84. The number of nitrogens with one attached hydrogen (secondary N) is 1. The van der Waals surface area contributed by atoms with Gasteiger partial charge >= 0.3 is 0 Å². The van der Waals surface area contributed by atoms with Gasteiger partial charge in [0.2, 0.25) is 11.8 Å². The number of aromatic nitrogens is 1. The summed E-state index contributed by atoms with van der Waals surface area (Å²) < 4.78 is 5.44. The van der Waals surface area contributed by atoms with E-state index >= 15 is 0 Å². The average molecular weight is 473 g/mol. The summed E-state index contributed by atoms with van der Waals surface area (Å²) >= 11 is 0. The minimum Gasteiger partial charge on any atom is -0.379 e. The number of hydrogen-bond donors (Lipinski definition) is 1. The van der Waals surface area contributed by atoms with Crippen molar-refractivity contribution in [3.63, 3.8) is 0 Å². The number of carbonyl (C=O) groups is 2. The van der Waals surface area contributed by atoms with Crippen LogP contribution in [0.25, 0.3) is 10.9 Å². The monoisotopic (exact) mass is 472 g/mol. The Hall–Kier alpha value is -3.16. The van der Waals surface area contributed by atoms with Gasteiger partial charge in [-0.25, -0.2) is 0 Å². The predicted octanol–water partition coefficient (Wildman–Crippen LogP) is 2.77. The van der Waals surface area contributed by atoms with Crippen LogP contribution in [0.5, 0.6) is 0 Å². The molecule has 0 radical (unpaired) electrons. The lowest BCUT2D eigenvalue weighted by molar-refractivity contribution is -0.160. The zero-order valence-electron chi connectivity index (χ0n) is 20.0. The molecule has 2 saturated heterocycles. The van der Waals surface area contributed by atoms with Gasteiger partial charge in [-0.15, -0.1) is 0 Å². The van der Waals surface area contributed by atoms with Gasteiger partial charge < -0.3 is 19.5 Å². The van der Waals surface area contributed by atoms with Crippen LogP contribution >= 0.6 is 0 Å². The molecule has 0 bridgehead atoms. The number of H-pyrrole nitrogens is 1. The van der Waals surface area contributed by atoms with Gasteiger partial charge in [0.05, 0.1) is 25.8 Å². The Morgan fingerprint density at radius 1 is 0.943 bits per heavy atom. The average Bonchev–Trinajstić information content (AvgIpc) is 3.28. The molecule has 2 atom stereocenters. The Morgan fingerprint density at radius 2 is 1.71 bits per heavy atom. The Kier molecular flexibility index (Phi) is 6.04. The number of carbonyl (C=O) groups excluding carboxylic acids is 2. The van der Waals surface area contributed by atoms with E-state index in [0.29, 0.717) is 13.0 Å². The quantitative estimate of drug-likeness (QED) is 0.599. The predicted molar refractivity (Wildman–Crippen MR) is 134 cm³/mol. The Labute approximate surface area is 205 Å². The van der Waals surface area contributed by atoms with Crippen molar-refractivity contribution in [3.8, 4) is 0 Å². The van der Waals surface area contributed by atoms with Gasteiger partial charge in [0.15, 0.2) is 0 Å². The maximum atomic E-state index is 13.7. The van der Waals surface area contributed by atoms with Gasteiger partial charge in [-0.3, -0.25) is 14.5 Å². The van der Waals surface area contributed by atoms with Gasteiger partial charge in [-0.05, 0) is 30.0 Å². The smallest absolute Gasteiger partial charge is 0.246 e. The van der Waals surface area contributed by atoms with Crippen LogP contribution in [0.2, 0.25) is 0 Å². The van der Waals surface area contributed by atoms with E-state index in [-0.39, 0.29) is 24.4 Å². The molecule has 2 fully saturated rings. The summed E-state index contributed by atoms with van der Waals surface area (Å²) in [5, 5.41) is 1.16. The van der Waals surface area contributed by atoms with E-state index < -0.39 is 6.04 Å². The fourth-order valence-electron chi connectivity index (χ4n) is 5.97. The summed E-state index contributed by atoms with van der Waals surface area (Å²) in [4.78, 5) is 36.9. The molecule has 2 amide bonds. The first-order chi connectivity index (χ1) is 17.2. The zero-order chi connectivity index (χ0) is 23.8. The highest BCUT2D eigenvalue weighted by molar-refractivity contribution is 5.97. The maximum absolute atomic E-state index is 13.7. The van der Waals surface area contributed by atoms with Crippen LogP contribution in [0.1, 0.15) is 29.3 Å². The third-order valence-corrected chi connectivity index (χ3v) is 7.80. The summed E-state index contributed by atoms with van der Waals surface area (Å²) in [5.74, 6) is 0.137. The number of fused-ring (bicyclic) bond motifs is 4. The summed E-state index contributed by atoms with van der Waals surface area (Å²) in [6.45, 7) is 4.76. The number of ether oxygens (including phenoxy) is 1. The molecule has 7 heteroatoms. The normalized spacial score (nSPS) is 23.0. The van der Waals surface area contributed by atoms with Crippen molar-refractivity contribution in [3.05, 3.63) is 71.4 Å². The second-order valence-corrected chi connectivity index (χ2v) is 9.84. The number of benzene rings is 2. The molecule has 182 valence electrons. The molecule has 6 rings (SSSR count). The third kappa shape index (κ3) is 4.23. The molecule has 1 N–H and O–H groups in total. The minimum absolute atomic E-state index is 0.0546. The van der Waals surface area contributed by atoms with Crippen molar-refractivity contribution in [2.24, 2.45) is 0 Å². The molecule has 35 heavy (non-hydrogen) atoms. The van der Waals surface area contributed by atoms with E-state index in [2.05, 4.69) is 46.3 Å². The van der Waals surface area contributed by atoms with E-state index in [1.807, 2.05) is 23.1 Å². The fourth-order valence-corrected chi connectivity index (χ4v) is 5.97. The molecule has 2 aromatic carbocycles. The Morgan fingerprint density at radius 3 is 2.54 bits per heavy atom. The van der Waals surface area contributed by atoms with Crippen molar-refractivity contribution < 1.29 is 14.3 Å². The van der Waals surface area contributed by atoms with Crippen LogP contribution in [0.4, 0.5) is 0 Å². The van der Waals surface area contributed by atoms with Crippen LogP contribution in [0.15, 0.2) is 54.6 Å². The van der Waals surface area contributed by atoms with Gasteiger partial charge in [0.1, 0.15) is 6.04 Å². The molecular weight excluding hydrogens is 440 g/mol. The molecule has 0 aliphatic carbocycles. The lowest BCUT2D eigenvalue weighted by atomic mass is 9.87. The summed E-state index contributed by atoms with van der Waals surface area (Å²) in [6, 6.07) is 18.1. The first-order valence-electron chi connectivity index (χ1n) is 12.7. The molecule has 0 saturated carbocycles. The highest BCUT2D eigenvalue weighted by Gasteiger charge is 2.47. The SMILES string of the molecule is O=C1[C@@H]2Cc3c([nH]c4ccccc34)[C@H](CCc3ccccc3)N2C(=O)CN1CCN1CCOCC1. The fraction of sp³-hybridized carbons (Fsp3) is 0.429. The van der Waals surface area contributed by atoms with Gasteiger partial charge in [0.25, 0.3) is 0 Å². The molecule has 0 unspecified atom stereocenters. The van der Waals surface area contributed by atoms with E-state index in [0.717, 1.165) is 62.3 Å². The lowest BCUT2D eigenvalue weighted by Gasteiger charge is -2.47. The molecule has 3 aromatic rings. The van der Waals surface area contributed by atoms with E-state index in [1.165, 1.54) is 11.1 Å². The molecule has 0 spiro atoms. The van der Waals surface area contributed by atoms with E-state index in [1.54, 1.807) is 4.90 Å². The van der Waals surface area contributed by atoms with Crippen molar-refractivity contribution in [2.45, 2.75) is 31.3 Å². The summed E-state index contributed by atoms with van der Waals surface area (Å²) in [5.41, 5.74) is 4.61. The van der Waals surface area contributed by atoms with E-state index in [9.17, 15) is 9.59 Å². The molecule has 4 heterocycles. The maximum Gasteiger partial charge on any atom is 0.246 e. The number of piperazine rings is 1. The highest BCUT2D eigenvalue weighted by atomic mass is 16.5. The van der Waals surface area contributed by atoms with Crippen LogP contribution in [0.3, 0.4) is 0 Å². The number of para-hydroxylation sites is 1. The molecule has 3 aliphatic rings. The van der Waals surface area contributed by atoms with Crippen LogP contribution in [-0.2, 0) is 27.2 Å². The van der Waals surface area contributed by atoms with Crippen LogP contribution < -0.4 is 0 Å². The Bertz CT molecular complexity index is 1220. The third-order valence-electron chi connectivity index (χ3n) is 7.80. The standard InChI is InChI=1S/C28H32N4O3/c33-26-19-31(13-12-30-14-16-35-17-15-30)28(34)25-18-22-21-8-4-5-9-23(21)29-27(22)24(32(25)26)11-10-20-6-2-1-3-7-20/h1-9,24-25,29H,10-19H2/t24-,25-/m0/s1. The summed E-state index contributed by atoms with van der Waals surface area (Å²) in [7, 11) is 0. The Balaban J connectivity index is 1.29. The number of aryl methyl sites for hydroxylation is 1. The second kappa shape index (κ2) is 9.47. The van der Waals surface area contributed by atoms with Crippen molar-refractivity contribution in [1.82, 2.24) is 19.7 Å². The summed E-state index contributed by atoms with van der Waals surface area (Å²) in [6.07, 6.45) is 2.21. The van der Waals surface area contributed by atoms with Crippen LogP contribution in [0, 0.1) is 0 Å². The van der Waals surface area contributed by atoms with Crippen molar-refractivity contribution in [1.29, 1.82) is 0 Å². The molecular formula is C28H32N4O3. The largest absolute Gasteiger partial charge is 0.379 e. The highest BCUT2D eigenvalue weighted by Crippen LogP contribution is 2.41. The number of rotatable bonds is 6. The molecule has 3 aliphatic heterocycles. The zero-order valence-corrected chi connectivity index (χ0v) is 20.0. The molecule has 7 nitrogen and oxygen atoms in total. The van der Waals surface area contributed by atoms with Crippen molar-refractivity contribution >= 4 is 22.7 Å². The van der Waals surface area contributed by atoms with Gasteiger partial charge in [0, 0.05) is 49.2 Å². The first-order valence-corrected chi connectivity index (χ1v) is 12.7. The van der Waals surface area contributed by atoms with E-state index in [4.69, 9.17) is 4.74 Å². The number of hydrogen-bond acceptors (Lipinski definition) is 4. The lowest BCUT2D eigenvalue weighted by Crippen LogP contribution is -2.63. The van der Waals surface area contributed by atoms with Gasteiger partial charge in [-0.2, -0.15) is 0 Å². The van der Waals surface area contributed by atoms with Gasteiger partial charge in [-0.1, -0.05) is 48.5 Å². The number of morpholine rings is 1.